The van der Waals surface area contributed by atoms with Crippen LogP contribution in [0.1, 0.15) is 49.1 Å². The summed E-state index contributed by atoms with van der Waals surface area (Å²) >= 11 is 3.57. The highest BCUT2D eigenvalue weighted by Crippen LogP contribution is 2.41. The molecule has 2 N–H and O–H groups in total. The van der Waals surface area contributed by atoms with E-state index in [1.54, 1.807) is 0 Å². The Kier molecular flexibility index (Phi) is 3.62. The van der Waals surface area contributed by atoms with Crippen LogP contribution in [-0.4, -0.2) is 26.8 Å². The summed E-state index contributed by atoms with van der Waals surface area (Å²) in [6, 6.07) is 4.08. The SMILES string of the molecule is Cc1c(Br)ccc2c3oc([C@H]4C[C@H](NC(=O)O)C4)nc3c(=O)n(C3CC3)c12. The molecule has 1 aromatic carbocycles. The van der Waals surface area contributed by atoms with Crippen LogP contribution in [0.15, 0.2) is 25.8 Å². The number of nitrogens with one attached hydrogen (secondary N) is 1. The molecule has 2 fully saturated rings. The van der Waals surface area contributed by atoms with E-state index in [-0.39, 0.29) is 23.6 Å². The molecule has 2 aliphatic rings. The molecule has 7 nitrogen and oxygen atoms in total. The molecule has 0 saturated heterocycles. The molecule has 3 aromatic rings. The first-order chi connectivity index (χ1) is 12.9. The van der Waals surface area contributed by atoms with Crippen molar-refractivity contribution in [2.75, 3.05) is 0 Å². The molecule has 0 atom stereocenters. The van der Waals surface area contributed by atoms with Gasteiger partial charge in [-0.15, -0.1) is 0 Å². The van der Waals surface area contributed by atoms with E-state index in [1.165, 1.54) is 0 Å². The second-order valence-corrected chi connectivity index (χ2v) is 8.37. The monoisotopic (exact) mass is 431 g/mol. The Morgan fingerprint density at radius 2 is 2.11 bits per heavy atom. The first-order valence-corrected chi connectivity index (χ1v) is 9.86. The van der Waals surface area contributed by atoms with Crippen LogP contribution in [0.4, 0.5) is 4.79 Å². The molecule has 1 amide bonds. The van der Waals surface area contributed by atoms with Crippen LogP contribution in [0.2, 0.25) is 0 Å². The van der Waals surface area contributed by atoms with Gasteiger partial charge in [0.1, 0.15) is 0 Å². The molecule has 27 heavy (non-hydrogen) atoms. The summed E-state index contributed by atoms with van der Waals surface area (Å²) < 4.78 is 8.89. The molecule has 2 aromatic heterocycles. The number of aryl methyl sites for hydroxylation is 1. The summed E-state index contributed by atoms with van der Waals surface area (Å²) in [5.74, 6) is 0.565. The number of oxazole rings is 1. The van der Waals surface area contributed by atoms with Crippen molar-refractivity contribution in [2.24, 2.45) is 0 Å². The summed E-state index contributed by atoms with van der Waals surface area (Å²) in [7, 11) is 0. The number of amides is 1. The van der Waals surface area contributed by atoms with Crippen LogP contribution >= 0.6 is 15.9 Å². The average Bonchev–Trinajstić information content (AvgIpc) is 3.32. The van der Waals surface area contributed by atoms with Crippen LogP contribution in [-0.2, 0) is 0 Å². The molecule has 0 bridgehead atoms. The van der Waals surface area contributed by atoms with Gasteiger partial charge in [0.2, 0.25) is 0 Å². The quantitative estimate of drug-likeness (QED) is 0.651. The van der Waals surface area contributed by atoms with Crippen molar-refractivity contribution in [3.8, 4) is 0 Å². The van der Waals surface area contributed by atoms with Crippen LogP contribution in [0.25, 0.3) is 22.0 Å². The zero-order valence-electron chi connectivity index (χ0n) is 14.7. The van der Waals surface area contributed by atoms with E-state index in [9.17, 15) is 9.59 Å². The maximum Gasteiger partial charge on any atom is 0.404 e. The molecular formula is C19H18BrN3O4. The summed E-state index contributed by atoms with van der Waals surface area (Å²) in [5.41, 5.74) is 2.74. The molecule has 2 aliphatic carbocycles. The number of carbonyl (C=O) groups is 1. The zero-order valence-corrected chi connectivity index (χ0v) is 16.2. The highest BCUT2D eigenvalue weighted by molar-refractivity contribution is 9.10. The fourth-order valence-corrected chi connectivity index (χ4v) is 4.34. The topological polar surface area (TPSA) is 97.4 Å². The van der Waals surface area contributed by atoms with Crippen molar-refractivity contribution >= 4 is 44.0 Å². The first kappa shape index (κ1) is 16.8. The molecule has 5 rings (SSSR count). The maximum atomic E-state index is 13.2. The summed E-state index contributed by atoms with van der Waals surface area (Å²) in [6.07, 6.45) is 2.26. The van der Waals surface area contributed by atoms with Gasteiger partial charge in [-0.05, 0) is 50.3 Å². The van der Waals surface area contributed by atoms with Gasteiger partial charge in [0.25, 0.3) is 5.56 Å². The largest absolute Gasteiger partial charge is 0.465 e. The fourth-order valence-electron chi connectivity index (χ4n) is 4.02. The van der Waals surface area contributed by atoms with Crippen molar-refractivity contribution in [1.29, 1.82) is 0 Å². The number of fused-ring (bicyclic) bond motifs is 3. The number of hydrogen-bond acceptors (Lipinski definition) is 4. The van der Waals surface area contributed by atoms with Crippen LogP contribution < -0.4 is 10.9 Å². The van der Waals surface area contributed by atoms with Gasteiger partial charge in [-0.25, -0.2) is 9.78 Å². The zero-order chi connectivity index (χ0) is 18.9. The van der Waals surface area contributed by atoms with Crippen LogP contribution in [0, 0.1) is 6.92 Å². The second-order valence-electron chi connectivity index (χ2n) is 7.52. The Labute approximate surface area is 162 Å². The van der Waals surface area contributed by atoms with Gasteiger partial charge in [0, 0.05) is 27.9 Å². The molecule has 2 saturated carbocycles. The van der Waals surface area contributed by atoms with E-state index in [0.29, 0.717) is 29.8 Å². The van der Waals surface area contributed by atoms with Gasteiger partial charge in [-0.3, -0.25) is 4.79 Å². The normalized spacial score (nSPS) is 22.1. The third-order valence-electron chi connectivity index (χ3n) is 5.64. The predicted molar refractivity (Wildman–Crippen MR) is 103 cm³/mol. The average molecular weight is 432 g/mol. The smallest absolute Gasteiger partial charge is 0.404 e. The number of nitrogens with zero attached hydrogens (tertiary/aromatic N) is 2. The Hall–Kier alpha value is -2.35. The van der Waals surface area contributed by atoms with E-state index in [0.717, 1.165) is 33.8 Å². The van der Waals surface area contributed by atoms with Crippen molar-refractivity contribution < 1.29 is 14.3 Å². The number of hydrogen-bond donors (Lipinski definition) is 2. The van der Waals surface area contributed by atoms with E-state index in [1.807, 2.05) is 23.6 Å². The minimum atomic E-state index is -1.02. The van der Waals surface area contributed by atoms with Gasteiger partial charge >= 0.3 is 6.09 Å². The lowest BCUT2D eigenvalue weighted by atomic mass is 9.80. The molecule has 0 radical (unpaired) electrons. The van der Waals surface area contributed by atoms with Gasteiger partial charge in [0.15, 0.2) is 17.0 Å². The Morgan fingerprint density at radius 1 is 1.37 bits per heavy atom. The number of rotatable bonds is 3. The molecule has 0 spiro atoms. The molecule has 2 heterocycles. The van der Waals surface area contributed by atoms with Gasteiger partial charge in [-0.1, -0.05) is 15.9 Å². The Balaban J connectivity index is 1.66. The summed E-state index contributed by atoms with van der Waals surface area (Å²) in [5, 5.41) is 12.2. The van der Waals surface area contributed by atoms with E-state index in [4.69, 9.17) is 9.52 Å². The van der Waals surface area contributed by atoms with Crippen molar-refractivity contribution in [2.45, 2.75) is 50.6 Å². The maximum absolute atomic E-state index is 13.2. The molecule has 0 unspecified atom stereocenters. The van der Waals surface area contributed by atoms with Crippen molar-refractivity contribution in [1.82, 2.24) is 14.9 Å². The van der Waals surface area contributed by atoms with Gasteiger partial charge in [0.05, 0.1) is 5.52 Å². The minimum absolute atomic E-state index is 0.0367. The van der Waals surface area contributed by atoms with Crippen molar-refractivity contribution in [3.63, 3.8) is 0 Å². The number of carboxylic acid groups (broad SMARTS) is 1. The Bertz CT molecular complexity index is 1160. The lowest BCUT2D eigenvalue weighted by Gasteiger charge is -2.32. The standard InChI is InChI=1S/C19H18BrN3O4/c1-8-13(20)5-4-12-15(8)23(11-2-3-11)18(24)14-16(12)27-17(22-14)9-6-10(7-9)21-19(25)26/h4-5,9-11,21H,2-3,6-7H2,1H3,(H,25,26)/t9-,10-. The van der Waals surface area contributed by atoms with Crippen LogP contribution in [0.5, 0.6) is 0 Å². The van der Waals surface area contributed by atoms with E-state index >= 15 is 0 Å². The lowest BCUT2D eigenvalue weighted by molar-refractivity contribution is 0.174. The van der Waals surface area contributed by atoms with E-state index in [2.05, 4.69) is 26.2 Å². The highest BCUT2D eigenvalue weighted by atomic mass is 79.9. The van der Waals surface area contributed by atoms with Crippen LogP contribution in [0.3, 0.4) is 0 Å². The minimum Gasteiger partial charge on any atom is -0.465 e. The number of aromatic nitrogens is 2. The van der Waals surface area contributed by atoms with Gasteiger partial charge < -0.3 is 19.4 Å². The van der Waals surface area contributed by atoms with E-state index < -0.39 is 6.09 Å². The summed E-state index contributed by atoms with van der Waals surface area (Å²) in [6.45, 7) is 2.00. The highest BCUT2D eigenvalue weighted by Gasteiger charge is 2.36. The second kappa shape index (κ2) is 5.82. The third-order valence-corrected chi connectivity index (χ3v) is 6.50. The lowest BCUT2D eigenvalue weighted by Crippen LogP contribution is -2.42. The fraction of sp³-hybridized carbons (Fsp3) is 0.421. The molecule has 140 valence electrons. The Morgan fingerprint density at radius 3 is 2.78 bits per heavy atom. The molecular weight excluding hydrogens is 414 g/mol. The third kappa shape index (κ3) is 2.57. The number of benzene rings is 1. The molecule has 8 heteroatoms. The number of pyridine rings is 1. The first-order valence-electron chi connectivity index (χ1n) is 9.07. The van der Waals surface area contributed by atoms with Gasteiger partial charge in [-0.2, -0.15) is 0 Å². The van der Waals surface area contributed by atoms with Crippen molar-refractivity contribution in [3.05, 3.63) is 38.4 Å². The predicted octanol–water partition coefficient (Wildman–Crippen LogP) is 4.06. The molecule has 0 aliphatic heterocycles. The number of halogens is 1. The summed E-state index contributed by atoms with van der Waals surface area (Å²) in [4.78, 5) is 28.5.